The van der Waals surface area contributed by atoms with E-state index < -0.39 is 30.8 Å². The molecule has 0 bridgehead atoms. The second-order valence-electron chi connectivity index (χ2n) is 6.19. The molecule has 1 aliphatic rings. The molecule has 2 atom stereocenters. The molecule has 1 N–H and O–H groups in total. The number of nitrogens with zero attached hydrogens (tertiary/aromatic N) is 2. The number of amides is 1. The van der Waals surface area contributed by atoms with Crippen molar-refractivity contribution in [2.24, 2.45) is 0 Å². The number of carbonyl (C=O) groups excluding carboxylic acids is 1. The Hall–Kier alpha value is -1.60. The van der Waals surface area contributed by atoms with Gasteiger partial charge in [-0.1, -0.05) is 36.8 Å². The Morgan fingerprint density at radius 1 is 1.33 bits per heavy atom. The zero-order valence-corrected chi connectivity index (χ0v) is 13.9. The van der Waals surface area contributed by atoms with E-state index in [1.54, 1.807) is 4.90 Å². The van der Waals surface area contributed by atoms with Crippen molar-refractivity contribution in [1.29, 1.82) is 0 Å². The molecule has 134 valence electrons. The predicted octanol–water partition coefficient (Wildman–Crippen LogP) is 2.51. The van der Waals surface area contributed by atoms with Gasteiger partial charge >= 0.3 is 6.18 Å². The number of hydrogen-bond acceptors (Lipinski definition) is 3. The minimum absolute atomic E-state index is 0.0974. The maximum atomic E-state index is 12.5. The molecule has 0 saturated carbocycles. The van der Waals surface area contributed by atoms with Gasteiger partial charge in [-0.3, -0.25) is 9.69 Å². The summed E-state index contributed by atoms with van der Waals surface area (Å²) in [6.07, 6.45) is -4.82. The van der Waals surface area contributed by atoms with E-state index >= 15 is 0 Å². The number of rotatable bonds is 6. The van der Waals surface area contributed by atoms with Crippen LogP contribution in [0.3, 0.4) is 0 Å². The number of aliphatic hydroxyl groups is 1. The molecule has 1 aromatic carbocycles. The van der Waals surface area contributed by atoms with Crippen molar-refractivity contribution < 1.29 is 23.1 Å². The van der Waals surface area contributed by atoms with Crippen molar-refractivity contribution in [1.82, 2.24) is 9.80 Å². The lowest BCUT2D eigenvalue weighted by Crippen LogP contribution is -2.45. The molecule has 24 heavy (non-hydrogen) atoms. The van der Waals surface area contributed by atoms with Crippen LogP contribution in [-0.4, -0.2) is 59.2 Å². The molecule has 2 rings (SSSR count). The van der Waals surface area contributed by atoms with Crippen LogP contribution in [0.1, 0.15) is 30.6 Å². The largest absolute Gasteiger partial charge is 0.406 e. The third-order valence-electron chi connectivity index (χ3n) is 4.36. The zero-order chi connectivity index (χ0) is 17.9. The van der Waals surface area contributed by atoms with Crippen LogP contribution in [0.5, 0.6) is 0 Å². The summed E-state index contributed by atoms with van der Waals surface area (Å²) in [5.41, 5.74) is 1.81. The average Bonchev–Trinajstić information content (AvgIpc) is 2.84. The molecular weight excluding hydrogens is 321 g/mol. The maximum Gasteiger partial charge on any atom is 0.406 e. The number of aryl methyl sites for hydroxylation is 1. The van der Waals surface area contributed by atoms with E-state index in [2.05, 4.69) is 0 Å². The highest BCUT2D eigenvalue weighted by atomic mass is 19.4. The summed E-state index contributed by atoms with van der Waals surface area (Å²) in [6, 6.07) is 6.82. The molecule has 4 nitrogen and oxygen atoms in total. The van der Waals surface area contributed by atoms with Crippen LogP contribution in [0.4, 0.5) is 13.2 Å². The molecule has 0 spiro atoms. The third kappa shape index (κ3) is 4.70. The number of likely N-dealkylation sites (tertiary alicyclic amines) is 1. The van der Waals surface area contributed by atoms with Gasteiger partial charge in [0.15, 0.2) is 0 Å². The number of carbonyl (C=O) groups is 1. The van der Waals surface area contributed by atoms with Gasteiger partial charge in [-0.05, 0) is 25.5 Å². The Bertz CT molecular complexity index is 560. The van der Waals surface area contributed by atoms with E-state index in [1.165, 1.54) is 0 Å². The Kier molecular flexibility index (Phi) is 5.87. The van der Waals surface area contributed by atoms with Crippen molar-refractivity contribution in [2.45, 2.75) is 38.6 Å². The predicted molar refractivity (Wildman–Crippen MR) is 84.4 cm³/mol. The molecule has 1 saturated heterocycles. The van der Waals surface area contributed by atoms with Crippen LogP contribution in [0, 0.1) is 6.92 Å². The van der Waals surface area contributed by atoms with E-state index in [0.29, 0.717) is 13.0 Å². The fraction of sp³-hybridized carbons (Fsp3) is 0.588. The van der Waals surface area contributed by atoms with Crippen molar-refractivity contribution >= 4 is 5.91 Å². The minimum Gasteiger partial charge on any atom is -0.387 e. The lowest BCUT2D eigenvalue weighted by atomic mass is 10.1. The van der Waals surface area contributed by atoms with Gasteiger partial charge in [-0.2, -0.15) is 13.2 Å². The van der Waals surface area contributed by atoms with Crippen LogP contribution in [0.15, 0.2) is 24.3 Å². The van der Waals surface area contributed by atoms with Crippen LogP contribution < -0.4 is 0 Å². The summed E-state index contributed by atoms with van der Waals surface area (Å²) in [5.74, 6) is -0.509. The second-order valence-corrected chi connectivity index (χ2v) is 6.19. The normalized spacial score (nSPS) is 20.0. The molecule has 0 aromatic heterocycles. The molecule has 1 aliphatic heterocycles. The van der Waals surface area contributed by atoms with Crippen molar-refractivity contribution in [3.8, 4) is 0 Å². The highest BCUT2D eigenvalue weighted by Crippen LogP contribution is 2.25. The molecule has 1 fully saturated rings. The number of halogens is 3. The van der Waals surface area contributed by atoms with Crippen molar-refractivity contribution in [3.63, 3.8) is 0 Å². The third-order valence-corrected chi connectivity index (χ3v) is 4.36. The fourth-order valence-electron chi connectivity index (χ4n) is 3.03. The van der Waals surface area contributed by atoms with E-state index in [1.807, 2.05) is 38.1 Å². The van der Waals surface area contributed by atoms with E-state index in [0.717, 1.165) is 16.0 Å². The fourth-order valence-corrected chi connectivity index (χ4v) is 3.03. The van der Waals surface area contributed by atoms with Gasteiger partial charge in [0.1, 0.15) is 6.54 Å². The summed E-state index contributed by atoms with van der Waals surface area (Å²) >= 11 is 0. The molecule has 0 unspecified atom stereocenters. The SMILES string of the molecule is CCN(C[C@@H](O)c1ccc(C)cc1)[C@H]1CCN(CC(F)(F)F)C1=O. The molecule has 1 amide bonds. The molecule has 7 heteroatoms. The first-order valence-corrected chi connectivity index (χ1v) is 8.05. The molecule has 1 heterocycles. The van der Waals surface area contributed by atoms with E-state index in [4.69, 9.17) is 0 Å². The summed E-state index contributed by atoms with van der Waals surface area (Å²) in [5, 5.41) is 10.4. The summed E-state index contributed by atoms with van der Waals surface area (Å²) in [4.78, 5) is 14.9. The number of hydrogen-bond donors (Lipinski definition) is 1. The van der Waals surface area contributed by atoms with Crippen LogP contribution in [0.25, 0.3) is 0 Å². The summed E-state index contributed by atoms with van der Waals surface area (Å²) in [6.45, 7) is 3.37. The standard InChI is InChI=1S/C17H23F3N2O2/c1-3-21(10-15(23)13-6-4-12(2)5-7-13)14-8-9-22(16(14)24)11-17(18,19)20/h4-7,14-15,23H,3,8-11H2,1-2H3/t14-,15+/m0/s1. The quantitative estimate of drug-likeness (QED) is 0.862. The second kappa shape index (κ2) is 7.53. The summed E-state index contributed by atoms with van der Waals surface area (Å²) < 4.78 is 37.5. The zero-order valence-electron chi connectivity index (χ0n) is 13.9. The Labute approximate surface area is 139 Å². The molecule has 0 aliphatic carbocycles. The first kappa shape index (κ1) is 18.7. The highest BCUT2D eigenvalue weighted by Gasteiger charge is 2.41. The number of benzene rings is 1. The van der Waals surface area contributed by atoms with Crippen LogP contribution in [-0.2, 0) is 4.79 Å². The number of likely N-dealkylation sites (N-methyl/N-ethyl adjacent to an activating group) is 1. The van der Waals surface area contributed by atoms with E-state index in [9.17, 15) is 23.1 Å². The van der Waals surface area contributed by atoms with Crippen LogP contribution >= 0.6 is 0 Å². The monoisotopic (exact) mass is 344 g/mol. The minimum atomic E-state index is -4.39. The molecular formula is C17H23F3N2O2. The number of alkyl halides is 3. The van der Waals surface area contributed by atoms with Gasteiger partial charge in [0, 0.05) is 13.1 Å². The van der Waals surface area contributed by atoms with E-state index in [-0.39, 0.29) is 13.1 Å². The Morgan fingerprint density at radius 2 is 1.96 bits per heavy atom. The first-order chi connectivity index (χ1) is 11.2. The van der Waals surface area contributed by atoms with Gasteiger partial charge in [0.2, 0.25) is 5.91 Å². The van der Waals surface area contributed by atoms with Gasteiger partial charge in [-0.25, -0.2) is 0 Å². The smallest absolute Gasteiger partial charge is 0.387 e. The lowest BCUT2D eigenvalue weighted by Gasteiger charge is -2.29. The van der Waals surface area contributed by atoms with Gasteiger partial charge in [0.05, 0.1) is 12.1 Å². The molecule has 1 aromatic rings. The van der Waals surface area contributed by atoms with Gasteiger partial charge < -0.3 is 10.0 Å². The number of aliphatic hydroxyl groups excluding tert-OH is 1. The summed E-state index contributed by atoms with van der Waals surface area (Å²) in [7, 11) is 0. The van der Waals surface area contributed by atoms with Gasteiger partial charge in [0.25, 0.3) is 0 Å². The van der Waals surface area contributed by atoms with Crippen molar-refractivity contribution in [2.75, 3.05) is 26.2 Å². The lowest BCUT2D eigenvalue weighted by molar-refractivity contribution is -0.159. The Balaban J connectivity index is 2.01. The average molecular weight is 344 g/mol. The topological polar surface area (TPSA) is 43.8 Å². The van der Waals surface area contributed by atoms with Gasteiger partial charge in [-0.15, -0.1) is 0 Å². The molecule has 0 radical (unpaired) electrons. The Morgan fingerprint density at radius 3 is 2.50 bits per heavy atom. The maximum absolute atomic E-state index is 12.5. The van der Waals surface area contributed by atoms with Crippen molar-refractivity contribution in [3.05, 3.63) is 35.4 Å². The van der Waals surface area contributed by atoms with Crippen LogP contribution in [0.2, 0.25) is 0 Å². The highest BCUT2D eigenvalue weighted by molar-refractivity contribution is 5.84. The first-order valence-electron chi connectivity index (χ1n) is 8.05.